The lowest BCUT2D eigenvalue weighted by molar-refractivity contribution is 0.431. The molecule has 3 rings (SSSR count). The first kappa shape index (κ1) is 20.2. The van der Waals surface area contributed by atoms with E-state index in [0.717, 1.165) is 19.4 Å². The van der Waals surface area contributed by atoms with Gasteiger partial charge in [0, 0.05) is 6.54 Å². The summed E-state index contributed by atoms with van der Waals surface area (Å²) < 4.78 is 7.21. The molecule has 0 spiro atoms. The Morgan fingerprint density at radius 3 is 1.96 bits per heavy atom. The summed E-state index contributed by atoms with van der Waals surface area (Å²) in [5.41, 5.74) is 2.87. The molecule has 0 aliphatic rings. The molecule has 0 radical (unpaired) electrons. The summed E-state index contributed by atoms with van der Waals surface area (Å²) in [6, 6.07) is 18.5. The minimum atomic E-state index is 1.02. The molecule has 0 aliphatic heterocycles. The van der Waals surface area contributed by atoms with Gasteiger partial charge in [0.05, 0.1) is 19.3 Å². The van der Waals surface area contributed by atoms with Crippen LogP contribution in [-0.4, -0.2) is 25.0 Å². The maximum absolute atomic E-state index is 5.08. The van der Waals surface area contributed by atoms with Crippen molar-refractivity contribution in [3.8, 4) is 0 Å². The number of rotatable bonds is 10. The van der Waals surface area contributed by atoms with Crippen molar-refractivity contribution in [2.75, 3.05) is 20.7 Å². The van der Waals surface area contributed by atoms with E-state index in [-0.39, 0.29) is 0 Å². The Kier molecular flexibility index (Phi) is 7.57. The molecule has 3 aromatic rings. The number of unbranched alkanes of at least 4 members (excludes halogenated alkanes) is 2. The third-order valence-electron chi connectivity index (χ3n) is 5.17. The lowest BCUT2D eigenvalue weighted by atomic mass is 9.96. The second-order valence-corrected chi connectivity index (χ2v) is 8.44. The smallest absolute Gasteiger partial charge is 0.0813 e. The number of nitrogens with zero attached hydrogens (tertiary/aromatic N) is 1. The van der Waals surface area contributed by atoms with Gasteiger partial charge in [0.25, 0.3) is 0 Å². The van der Waals surface area contributed by atoms with Gasteiger partial charge in [-0.15, -0.1) is 0 Å². The van der Waals surface area contributed by atoms with Crippen molar-refractivity contribution in [1.29, 1.82) is 0 Å². The standard InChI is InChI=1S/C24H31NOS/c1-4-5-6-8-19-10-14-23-21(17-19)12-13-22-18-20(11-15-24(22)23)9-7-16-25(2)27-26-3/h10-15,17-18H,4-9,16H2,1-3H3. The van der Waals surface area contributed by atoms with E-state index in [4.69, 9.17) is 4.18 Å². The maximum Gasteiger partial charge on any atom is 0.0813 e. The fourth-order valence-electron chi connectivity index (χ4n) is 3.73. The largest absolute Gasteiger partial charge is 0.304 e. The van der Waals surface area contributed by atoms with Gasteiger partial charge in [0.1, 0.15) is 0 Å². The fraction of sp³-hybridized carbons (Fsp3) is 0.417. The predicted molar refractivity (Wildman–Crippen MR) is 120 cm³/mol. The van der Waals surface area contributed by atoms with Crippen LogP contribution in [0.5, 0.6) is 0 Å². The van der Waals surface area contributed by atoms with E-state index < -0.39 is 0 Å². The highest BCUT2D eigenvalue weighted by Crippen LogP contribution is 2.28. The van der Waals surface area contributed by atoms with E-state index in [9.17, 15) is 0 Å². The molecule has 0 atom stereocenters. The summed E-state index contributed by atoms with van der Waals surface area (Å²) in [7, 11) is 3.78. The van der Waals surface area contributed by atoms with Crippen LogP contribution >= 0.6 is 12.2 Å². The zero-order valence-electron chi connectivity index (χ0n) is 16.8. The lowest BCUT2D eigenvalue weighted by Gasteiger charge is -2.13. The van der Waals surface area contributed by atoms with Gasteiger partial charge in [0.15, 0.2) is 0 Å². The van der Waals surface area contributed by atoms with Crippen molar-refractivity contribution in [2.45, 2.75) is 45.4 Å². The first-order valence-electron chi connectivity index (χ1n) is 10.1. The van der Waals surface area contributed by atoms with E-state index in [0.29, 0.717) is 0 Å². The molecule has 0 unspecified atom stereocenters. The van der Waals surface area contributed by atoms with Crippen LogP contribution in [0.2, 0.25) is 0 Å². The molecule has 0 heterocycles. The highest BCUT2D eigenvalue weighted by molar-refractivity contribution is 7.92. The van der Waals surface area contributed by atoms with Crippen molar-refractivity contribution >= 4 is 33.8 Å². The molecule has 2 nitrogen and oxygen atoms in total. The second-order valence-electron chi connectivity index (χ2n) is 7.33. The third kappa shape index (κ3) is 5.47. The number of hydrogen-bond acceptors (Lipinski definition) is 3. The average Bonchev–Trinajstić information content (AvgIpc) is 2.68. The SMILES string of the molecule is CCCCCc1ccc2c(ccc3cc(CCCN(C)SOC)ccc32)c1. The molecule has 0 amide bonds. The summed E-state index contributed by atoms with van der Waals surface area (Å²) in [6.45, 7) is 3.28. The maximum atomic E-state index is 5.08. The zero-order valence-corrected chi connectivity index (χ0v) is 17.6. The topological polar surface area (TPSA) is 12.5 Å². The van der Waals surface area contributed by atoms with Crippen molar-refractivity contribution in [3.63, 3.8) is 0 Å². The minimum absolute atomic E-state index is 1.02. The molecule has 144 valence electrons. The van der Waals surface area contributed by atoms with Gasteiger partial charge in [-0.3, -0.25) is 0 Å². The molecule has 0 aromatic heterocycles. The van der Waals surface area contributed by atoms with Crippen molar-refractivity contribution in [1.82, 2.24) is 4.31 Å². The molecule has 0 fully saturated rings. The van der Waals surface area contributed by atoms with Crippen LogP contribution in [0.4, 0.5) is 0 Å². The van der Waals surface area contributed by atoms with Gasteiger partial charge in [-0.1, -0.05) is 68.3 Å². The Labute approximate surface area is 168 Å². The number of benzene rings is 3. The Balaban J connectivity index is 1.73. The summed E-state index contributed by atoms with van der Waals surface area (Å²) in [4.78, 5) is 0. The normalized spacial score (nSPS) is 11.7. The van der Waals surface area contributed by atoms with Crippen LogP contribution in [0.15, 0.2) is 48.5 Å². The Hall–Kier alpha value is -1.55. The van der Waals surface area contributed by atoms with Crippen molar-refractivity contribution in [2.24, 2.45) is 0 Å². The first-order valence-corrected chi connectivity index (χ1v) is 10.8. The van der Waals surface area contributed by atoms with E-state index in [1.807, 2.05) is 0 Å². The quantitative estimate of drug-likeness (QED) is 0.166. The number of aryl methyl sites for hydroxylation is 2. The third-order valence-corrected chi connectivity index (χ3v) is 5.76. The molecule has 0 aliphatic carbocycles. The monoisotopic (exact) mass is 381 g/mol. The molecular formula is C24H31NOS. The minimum Gasteiger partial charge on any atom is -0.304 e. The van der Waals surface area contributed by atoms with Gasteiger partial charge in [-0.25, -0.2) is 4.31 Å². The number of fused-ring (bicyclic) bond motifs is 3. The molecule has 3 aromatic carbocycles. The van der Waals surface area contributed by atoms with Crippen molar-refractivity contribution < 1.29 is 4.18 Å². The van der Waals surface area contributed by atoms with Crippen LogP contribution in [-0.2, 0) is 17.0 Å². The van der Waals surface area contributed by atoms with Gasteiger partial charge in [-0.2, -0.15) is 0 Å². The summed E-state index contributed by atoms with van der Waals surface area (Å²) >= 11 is 1.41. The van der Waals surface area contributed by atoms with E-state index >= 15 is 0 Å². The molecule has 0 bridgehead atoms. The Bertz CT molecular complexity index is 877. The van der Waals surface area contributed by atoms with E-state index in [1.54, 1.807) is 7.11 Å². The molecule has 0 N–H and O–H groups in total. The molecule has 0 saturated heterocycles. The Morgan fingerprint density at radius 2 is 1.41 bits per heavy atom. The van der Waals surface area contributed by atoms with E-state index in [2.05, 4.69) is 66.8 Å². The summed E-state index contributed by atoms with van der Waals surface area (Å²) in [5.74, 6) is 0. The van der Waals surface area contributed by atoms with Crippen LogP contribution in [0.3, 0.4) is 0 Å². The molecule has 27 heavy (non-hydrogen) atoms. The van der Waals surface area contributed by atoms with Crippen LogP contribution in [0.25, 0.3) is 21.5 Å². The van der Waals surface area contributed by atoms with Gasteiger partial charge < -0.3 is 4.18 Å². The Morgan fingerprint density at radius 1 is 0.815 bits per heavy atom. The summed E-state index contributed by atoms with van der Waals surface area (Å²) in [6.07, 6.45) is 7.31. The zero-order chi connectivity index (χ0) is 19.1. The predicted octanol–water partition coefficient (Wildman–Crippen LogP) is 6.80. The van der Waals surface area contributed by atoms with Crippen LogP contribution in [0, 0.1) is 0 Å². The van der Waals surface area contributed by atoms with Gasteiger partial charge in [0.2, 0.25) is 0 Å². The molecular weight excluding hydrogens is 350 g/mol. The lowest BCUT2D eigenvalue weighted by Crippen LogP contribution is -2.11. The first-order chi connectivity index (χ1) is 13.2. The summed E-state index contributed by atoms with van der Waals surface area (Å²) in [5, 5.41) is 5.44. The van der Waals surface area contributed by atoms with E-state index in [1.165, 1.54) is 70.6 Å². The average molecular weight is 382 g/mol. The fourth-order valence-corrected chi connectivity index (χ4v) is 4.19. The van der Waals surface area contributed by atoms with Gasteiger partial charge >= 0.3 is 0 Å². The number of hydrogen-bond donors (Lipinski definition) is 0. The van der Waals surface area contributed by atoms with Gasteiger partial charge in [-0.05, 0) is 65.4 Å². The van der Waals surface area contributed by atoms with Crippen LogP contribution in [0.1, 0.15) is 43.7 Å². The highest BCUT2D eigenvalue weighted by atomic mass is 32.2. The molecule has 3 heteroatoms. The second kappa shape index (κ2) is 10.1. The van der Waals surface area contributed by atoms with Crippen molar-refractivity contribution in [3.05, 3.63) is 59.7 Å². The van der Waals surface area contributed by atoms with Crippen LogP contribution < -0.4 is 0 Å². The highest BCUT2D eigenvalue weighted by Gasteiger charge is 2.05. The molecule has 0 saturated carbocycles.